The Morgan fingerprint density at radius 1 is 1.41 bits per heavy atom. The number of ether oxygens (including phenoxy) is 2. The van der Waals surface area contributed by atoms with Gasteiger partial charge in [0, 0.05) is 19.6 Å². The molecule has 6 heteroatoms. The molecule has 2 saturated heterocycles. The van der Waals surface area contributed by atoms with Crippen LogP contribution in [0.1, 0.15) is 26.7 Å². The zero-order valence-corrected chi connectivity index (χ0v) is 14.4. The van der Waals surface area contributed by atoms with Crippen molar-refractivity contribution in [3.05, 3.63) is 0 Å². The fraction of sp³-hybridized carbons (Fsp3) is 0.938. The van der Waals surface area contributed by atoms with Gasteiger partial charge in [0.15, 0.2) is 0 Å². The Kier molecular flexibility index (Phi) is 6.20. The fourth-order valence-corrected chi connectivity index (χ4v) is 2.91. The smallest absolute Gasteiger partial charge is 0.248 e. The number of piperidine rings is 1. The van der Waals surface area contributed by atoms with Gasteiger partial charge >= 0.3 is 0 Å². The summed E-state index contributed by atoms with van der Waals surface area (Å²) in [6.07, 6.45) is 2.09. The summed E-state index contributed by atoms with van der Waals surface area (Å²) in [7, 11) is 4.02. The summed E-state index contributed by atoms with van der Waals surface area (Å²) < 4.78 is 11.3. The lowest BCUT2D eigenvalue weighted by Gasteiger charge is -2.36. The number of likely N-dealkylation sites (N-methyl/N-ethyl adjacent to an activating group) is 1. The van der Waals surface area contributed by atoms with E-state index in [2.05, 4.69) is 31.1 Å². The lowest BCUT2D eigenvalue weighted by atomic mass is 10.0. The number of amides is 1. The molecule has 2 aliphatic heterocycles. The van der Waals surface area contributed by atoms with Crippen molar-refractivity contribution in [2.24, 2.45) is 0 Å². The van der Waals surface area contributed by atoms with Gasteiger partial charge in [0.2, 0.25) is 5.91 Å². The Morgan fingerprint density at radius 2 is 2.09 bits per heavy atom. The highest BCUT2D eigenvalue weighted by Crippen LogP contribution is 2.15. The third-order valence-corrected chi connectivity index (χ3v) is 4.67. The Morgan fingerprint density at radius 3 is 2.68 bits per heavy atom. The van der Waals surface area contributed by atoms with E-state index in [9.17, 15) is 4.79 Å². The fourth-order valence-electron chi connectivity index (χ4n) is 2.91. The van der Waals surface area contributed by atoms with Crippen LogP contribution in [-0.2, 0) is 14.3 Å². The maximum atomic E-state index is 12.2. The van der Waals surface area contributed by atoms with E-state index < -0.39 is 0 Å². The second-order valence-electron chi connectivity index (χ2n) is 7.20. The normalized spacial score (nSPS) is 26.8. The largest absolute Gasteiger partial charge is 0.373 e. The lowest BCUT2D eigenvalue weighted by molar-refractivity contribution is -0.139. The second-order valence-corrected chi connectivity index (χ2v) is 7.20. The summed E-state index contributed by atoms with van der Waals surface area (Å²) in [6.45, 7) is 8.36. The number of nitrogens with one attached hydrogen (secondary N) is 1. The third kappa shape index (κ3) is 5.19. The van der Waals surface area contributed by atoms with Crippen molar-refractivity contribution in [1.82, 2.24) is 15.1 Å². The molecule has 6 nitrogen and oxygen atoms in total. The first-order valence-electron chi connectivity index (χ1n) is 8.27. The zero-order chi connectivity index (χ0) is 16.2. The van der Waals surface area contributed by atoms with Crippen LogP contribution in [0.25, 0.3) is 0 Å². The molecule has 0 aromatic carbocycles. The van der Waals surface area contributed by atoms with Gasteiger partial charge in [-0.2, -0.15) is 0 Å². The molecule has 1 N–H and O–H groups in total. The predicted octanol–water partition coefficient (Wildman–Crippen LogP) is 0.323. The molecule has 0 unspecified atom stereocenters. The van der Waals surface area contributed by atoms with Crippen LogP contribution in [0.4, 0.5) is 0 Å². The second kappa shape index (κ2) is 7.73. The summed E-state index contributed by atoms with van der Waals surface area (Å²) in [5.41, 5.74) is -0.110. The Labute approximate surface area is 134 Å². The molecule has 22 heavy (non-hydrogen) atoms. The first-order chi connectivity index (χ1) is 10.4. The van der Waals surface area contributed by atoms with Crippen molar-refractivity contribution in [3.63, 3.8) is 0 Å². The highest BCUT2D eigenvalue weighted by molar-refractivity contribution is 5.77. The third-order valence-electron chi connectivity index (χ3n) is 4.67. The van der Waals surface area contributed by atoms with Gasteiger partial charge in [-0.15, -0.1) is 0 Å². The molecule has 2 rings (SSSR count). The Hall–Kier alpha value is -0.690. The predicted molar refractivity (Wildman–Crippen MR) is 85.9 cm³/mol. The summed E-state index contributed by atoms with van der Waals surface area (Å²) in [4.78, 5) is 16.4. The van der Waals surface area contributed by atoms with Crippen LogP contribution in [0.2, 0.25) is 0 Å². The molecule has 2 heterocycles. The molecule has 0 spiro atoms. The number of morpholine rings is 1. The van der Waals surface area contributed by atoms with Gasteiger partial charge in [-0.3, -0.25) is 4.79 Å². The van der Waals surface area contributed by atoms with Gasteiger partial charge in [-0.25, -0.2) is 0 Å². The standard InChI is InChI=1S/C16H31N3O3/c1-16(2)12-17-13(10-22-16)9-21-11-15(20)19(4)14-5-7-18(3)8-6-14/h13-14,17H,5-12H2,1-4H3/t13-/m1/s1. The first kappa shape index (κ1) is 17.7. The monoisotopic (exact) mass is 313 g/mol. The van der Waals surface area contributed by atoms with E-state index in [1.165, 1.54) is 0 Å². The molecule has 0 saturated carbocycles. The molecule has 0 aromatic heterocycles. The van der Waals surface area contributed by atoms with E-state index in [4.69, 9.17) is 9.47 Å². The van der Waals surface area contributed by atoms with Crippen molar-refractivity contribution >= 4 is 5.91 Å². The first-order valence-corrected chi connectivity index (χ1v) is 8.27. The molecule has 1 amide bonds. The van der Waals surface area contributed by atoms with Crippen molar-refractivity contribution in [1.29, 1.82) is 0 Å². The number of hydrogen-bond donors (Lipinski definition) is 1. The summed E-state index contributed by atoms with van der Waals surface area (Å²) >= 11 is 0. The summed E-state index contributed by atoms with van der Waals surface area (Å²) in [5, 5.41) is 3.40. The number of carbonyl (C=O) groups excluding carboxylic acids is 1. The molecular formula is C16H31N3O3. The van der Waals surface area contributed by atoms with E-state index in [0.717, 1.165) is 32.5 Å². The summed E-state index contributed by atoms with van der Waals surface area (Å²) in [6, 6.07) is 0.527. The number of likely N-dealkylation sites (tertiary alicyclic amines) is 1. The molecule has 128 valence electrons. The van der Waals surface area contributed by atoms with Gasteiger partial charge in [0.05, 0.1) is 24.9 Å². The van der Waals surface area contributed by atoms with Crippen LogP contribution in [0.5, 0.6) is 0 Å². The number of carbonyl (C=O) groups is 1. The van der Waals surface area contributed by atoms with Gasteiger partial charge in [0.25, 0.3) is 0 Å². The Balaban J connectivity index is 1.63. The van der Waals surface area contributed by atoms with E-state index >= 15 is 0 Å². The van der Waals surface area contributed by atoms with Crippen molar-refractivity contribution in [2.45, 2.75) is 44.4 Å². The molecule has 2 fully saturated rings. The van der Waals surface area contributed by atoms with E-state index in [0.29, 0.717) is 19.3 Å². The highest BCUT2D eigenvalue weighted by atomic mass is 16.5. The van der Waals surface area contributed by atoms with Crippen molar-refractivity contribution < 1.29 is 14.3 Å². The number of hydrogen-bond acceptors (Lipinski definition) is 5. The average molecular weight is 313 g/mol. The molecular weight excluding hydrogens is 282 g/mol. The minimum Gasteiger partial charge on any atom is -0.373 e. The van der Waals surface area contributed by atoms with Crippen LogP contribution in [0.3, 0.4) is 0 Å². The highest BCUT2D eigenvalue weighted by Gasteiger charge is 2.28. The van der Waals surface area contributed by atoms with E-state index in [-0.39, 0.29) is 24.2 Å². The molecule has 0 aliphatic carbocycles. The van der Waals surface area contributed by atoms with Gasteiger partial charge in [-0.05, 0) is 46.8 Å². The number of nitrogens with zero attached hydrogens (tertiary/aromatic N) is 2. The molecule has 0 radical (unpaired) electrons. The molecule has 2 aliphatic rings. The molecule has 1 atom stereocenters. The summed E-state index contributed by atoms with van der Waals surface area (Å²) in [5.74, 6) is 0.0756. The maximum absolute atomic E-state index is 12.2. The van der Waals surface area contributed by atoms with Gasteiger partial charge < -0.3 is 24.6 Å². The minimum atomic E-state index is -0.110. The van der Waals surface area contributed by atoms with Crippen LogP contribution >= 0.6 is 0 Å². The van der Waals surface area contributed by atoms with Gasteiger partial charge in [0.1, 0.15) is 6.61 Å². The van der Waals surface area contributed by atoms with Crippen LogP contribution in [0.15, 0.2) is 0 Å². The average Bonchev–Trinajstić information content (AvgIpc) is 2.49. The zero-order valence-electron chi connectivity index (χ0n) is 14.4. The van der Waals surface area contributed by atoms with Crippen LogP contribution < -0.4 is 5.32 Å². The quantitative estimate of drug-likeness (QED) is 0.792. The van der Waals surface area contributed by atoms with Crippen LogP contribution in [0, 0.1) is 0 Å². The van der Waals surface area contributed by atoms with Crippen LogP contribution in [-0.4, -0.2) is 86.9 Å². The molecule has 0 bridgehead atoms. The lowest BCUT2D eigenvalue weighted by Crippen LogP contribution is -2.53. The molecule has 0 aromatic rings. The van der Waals surface area contributed by atoms with E-state index in [1.807, 2.05) is 11.9 Å². The SMILES string of the molecule is CN1CCC(N(C)C(=O)COC[C@@H]2COC(C)(C)CN2)CC1. The topological polar surface area (TPSA) is 54.0 Å². The number of rotatable bonds is 5. The van der Waals surface area contributed by atoms with Gasteiger partial charge in [-0.1, -0.05) is 0 Å². The van der Waals surface area contributed by atoms with E-state index in [1.54, 1.807) is 0 Å². The minimum absolute atomic E-state index is 0.0756. The van der Waals surface area contributed by atoms with Crippen molar-refractivity contribution in [3.8, 4) is 0 Å². The van der Waals surface area contributed by atoms with Crippen molar-refractivity contribution in [2.75, 3.05) is 53.6 Å². The maximum Gasteiger partial charge on any atom is 0.248 e. The Bertz CT molecular complexity index is 358.